The van der Waals surface area contributed by atoms with Gasteiger partial charge in [-0.05, 0) is 53.9 Å². The van der Waals surface area contributed by atoms with Gasteiger partial charge in [0.1, 0.15) is 11.5 Å². The Kier molecular flexibility index (Phi) is 6.31. The molecule has 1 unspecified atom stereocenters. The minimum atomic E-state index is -0.527. The molecule has 0 spiro atoms. The monoisotopic (exact) mass is 363 g/mol. The summed E-state index contributed by atoms with van der Waals surface area (Å²) in [7, 11) is 0. The highest BCUT2D eigenvalue weighted by atomic mass is 16.5. The molecule has 1 amide bonds. The second kappa shape index (κ2) is 9.08. The predicted molar refractivity (Wildman–Crippen MR) is 108 cm³/mol. The molecule has 0 bridgehead atoms. The Labute approximate surface area is 160 Å². The molecule has 27 heavy (non-hydrogen) atoms. The van der Waals surface area contributed by atoms with Crippen molar-refractivity contribution >= 4 is 16.7 Å². The molecule has 1 atom stereocenters. The number of rotatable bonds is 8. The van der Waals surface area contributed by atoms with Crippen molar-refractivity contribution in [2.45, 2.75) is 32.9 Å². The standard InChI is InChI=1S/C23H25NO3/c1-3-22(27-21-13-12-18-9-5-6-10-19(18)15-21)23(25)24-16-17-8-7-11-20(14-17)26-4-2/h5-15,22H,3-4,16H2,1-2H3,(H,24,25). The zero-order valence-electron chi connectivity index (χ0n) is 15.8. The number of nitrogens with one attached hydrogen (secondary N) is 1. The van der Waals surface area contributed by atoms with Crippen molar-refractivity contribution in [3.63, 3.8) is 0 Å². The maximum atomic E-state index is 12.6. The topological polar surface area (TPSA) is 47.6 Å². The van der Waals surface area contributed by atoms with Gasteiger partial charge in [0.25, 0.3) is 5.91 Å². The van der Waals surface area contributed by atoms with Crippen LogP contribution < -0.4 is 14.8 Å². The summed E-state index contributed by atoms with van der Waals surface area (Å²) in [5, 5.41) is 5.20. The Balaban J connectivity index is 1.62. The van der Waals surface area contributed by atoms with Crippen LogP contribution in [-0.4, -0.2) is 18.6 Å². The maximum Gasteiger partial charge on any atom is 0.261 e. The largest absolute Gasteiger partial charge is 0.494 e. The van der Waals surface area contributed by atoms with Crippen LogP contribution in [0.15, 0.2) is 66.7 Å². The number of carbonyl (C=O) groups excluding carboxylic acids is 1. The summed E-state index contributed by atoms with van der Waals surface area (Å²) >= 11 is 0. The fraction of sp³-hybridized carbons (Fsp3) is 0.261. The van der Waals surface area contributed by atoms with Gasteiger partial charge < -0.3 is 14.8 Å². The van der Waals surface area contributed by atoms with Gasteiger partial charge >= 0.3 is 0 Å². The van der Waals surface area contributed by atoms with E-state index in [9.17, 15) is 4.79 Å². The first-order valence-corrected chi connectivity index (χ1v) is 9.34. The van der Waals surface area contributed by atoms with E-state index in [2.05, 4.69) is 11.4 Å². The predicted octanol–water partition coefficient (Wildman–Crippen LogP) is 4.71. The van der Waals surface area contributed by atoms with Crippen molar-refractivity contribution in [3.05, 3.63) is 72.3 Å². The lowest BCUT2D eigenvalue weighted by atomic mass is 10.1. The second-order valence-electron chi connectivity index (χ2n) is 6.32. The average molecular weight is 363 g/mol. The summed E-state index contributed by atoms with van der Waals surface area (Å²) in [5.41, 5.74) is 0.995. The summed E-state index contributed by atoms with van der Waals surface area (Å²) in [6.45, 7) is 4.95. The molecular weight excluding hydrogens is 338 g/mol. The van der Waals surface area contributed by atoms with E-state index in [-0.39, 0.29) is 5.91 Å². The Morgan fingerprint density at radius 3 is 2.52 bits per heavy atom. The van der Waals surface area contributed by atoms with Gasteiger partial charge in [-0.2, -0.15) is 0 Å². The van der Waals surface area contributed by atoms with E-state index in [1.807, 2.05) is 74.5 Å². The fourth-order valence-corrected chi connectivity index (χ4v) is 2.94. The SMILES string of the molecule is CCOc1cccc(CNC(=O)C(CC)Oc2ccc3ccccc3c2)c1. The first-order valence-electron chi connectivity index (χ1n) is 9.34. The smallest absolute Gasteiger partial charge is 0.261 e. The Morgan fingerprint density at radius 1 is 0.926 bits per heavy atom. The minimum absolute atomic E-state index is 0.118. The van der Waals surface area contributed by atoms with Gasteiger partial charge in [0.05, 0.1) is 6.61 Å². The van der Waals surface area contributed by atoms with Crippen LogP contribution in [0.2, 0.25) is 0 Å². The van der Waals surface area contributed by atoms with Gasteiger partial charge in [-0.15, -0.1) is 0 Å². The van der Waals surface area contributed by atoms with Crippen LogP contribution in [0.25, 0.3) is 10.8 Å². The van der Waals surface area contributed by atoms with Gasteiger partial charge in [-0.25, -0.2) is 0 Å². The third-order valence-electron chi connectivity index (χ3n) is 4.34. The van der Waals surface area contributed by atoms with E-state index < -0.39 is 6.10 Å². The number of amides is 1. The van der Waals surface area contributed by atoms with Crippen LogP contribution in [0.5, 0.6) is 11.5 Å². The van der Waals surface area contributed by atoms with E-state index in [1.54, 1.807) is 0 Å². The first-order chi connectivity index (χ1) is 13.2. The summed E-state index contributed by atoms with van der Waals surface area (Å²) in [6.07, 6.45) is 0.0683. The van der Waals surface area contributed by atoms with Crippen LogP contribution in [0, 0.1) is 0 Å². The fourth-order valence-electron chi connectivity index (χ4n) is 2.94. The molecule has 0 aliphatic heterocycles. The second-order valence-corrected chi connectivity index (χ2v) is 6.32. The van der Waals surface area contributed by atoms with Crippen LogP contribution in [0.1, 0.15) is 25.8 Å². The lowest BCUT2D eigenvalue weighted by Gasteiger charge is -2.18. The van der Waals surface area contributed by atoms with Crippen LogP contribution in [0.4, 0.5) is 0 Å². The van der Waals surface area contributed by atoms with Gasteiger partial charge in [0.15, 0.2) is 6.10 Å². The summed E-state index contributed by atoms with van der Waals surface area (Å²) in [6, 6.07) is 21.7. The highest BCUT2D eigenvalue weighted by Crippen LogP contribution is 2.22. The lowest BCUT2D eigenvalue weighted by molar-refractivity contribution is -0.128. The number of benzene rings is 3. The first kappa shape index (κ1) is 18.8. The van der Waals surface area contributed by atoms with E-state index >= 15 is 0 Å². The molecule has 3 aromatic rings. The third kappa shape index (κ3) is 5.00. The van der Waals surface area contributed by atoms with Crippen molar-refractivity contribution in [2.24, 2.45) is 0 Å². The molecular formula is C23H25NO3. The minimum Gasteiger partial charge on any atom is -0.494 e. The zero-order chi connectivity index (χ0) is 19.1. The van der Waals surface area contributed by atoms with Crippen molar-refractivity contribution < 1.29 is 14.3 Å². The molecule has 0 aliphatic rings. The van der Waals surface area contributed by atoms with Crippen LogP contribution in [-0.2, 0) is 11.3 Å². The molecule has 3 aromatic carbocycles. The number of hydrogen-bond donors (Lipinski definition) is 1. The summed E-state index contributed by atoms with van der Waals surface area (Å²) in [4.78, 5) is 12.6. The molecule has 0 fully saturated rings. The van der Waals surface area contributed by atoms with Crippen LogP contribution >= 0.6 is 0 Å². The highest BCUT2D eigenvalue weighted by molar-refractivity contribution is 5.84. The Morgan fingerprint density at radius 2 is 1.74 bits per heavy atom. The molecule has 140 valence electrons. The number of fused-ring (bicyclic) bond motifs is 1. The molecule has 4 heteroatoms. The van der Waals surface area contributed by atoms with E-state index in [0.717, 1.165) is 22.1 Å². The van der Waals surface area contributed by atoms with E-state index in [4.69, 9.17) is 9.47 Å². The van der Waals surface area contributed by atoms with Gasteiger partial charge in [-0.3, -0.25) is 4.79 Å². The normalized spacial score (nSPS) is 11.8. The summed E-state index contributed by atoms with van der Waals surface area (Å²) in [5.74, 6) is 1.39. The third-order valence-corrected chi connectivity index (χ3v) is 4.34. The average Bonchev–Trinajstić information content (AvgIpc) is 2.70. The molecule has 3 rings (SSSR count). The Bertz CT molecular complexity index is 907. The molecule has 4 nitrogen and oxygen atoms in total. The van der Waals surface area contributed by atoms with Crippen LogP contribution in [0.3, 0.4) is 0 Å². The van der Waals surface area contributed by atoms with Gasteiger partial charge in [0, 0.05) is 6.54 Å². The van der Waals surface area contributed by atoms with Gasteiger partial charge in [-0.1, -0.05) is 49.4 Å². The molecule has 0 aromatic heterocycles. The highest BCUT2D eigenvalue weighted by Gasteiger charge is 2.18. The van der Waals surface area contributed by atoms with Gasteiger partial charge in [0.2, 0.25) is 0 Å². The van der Waals surface area contributed by atoms with Crippen molar-refractivity contribution in [3.8, 4) is 11.5 Å². The molecule has 0 aliphatic carbocycles. The molecule has 1 N–H and O–H groups in total. The number of carbonyl (C=O) groups is 1. The quantitative estimate of drug-likeness (QED) is 0.630. The number of hydrogen-bond acceptors (Lipinski definition) is 3. The zero-order valence-corrected chi connectivity index (χ0v) is 15.8. The lowest BCUT2D eigenvalue weighted by Crippen LogP contribution is -2.37. The van der Waals surface area contributed by atoms with E-state index in [1.165, 1.54) is 0 Å². The maximum absolute atomic E-state index is 12.6. The number of ether oxygens (including phenoxy) is 2. The van der Waals surface area contributed by atoms with Crippen molar-refractivity contribution in [2.75, 3.05) is 6.61 Å². The molecule has 0 radical (unpaired) electrons. The molecule has 0 saturated carbocycles. The Hall–Kier alpha value is -3.01. The molecule has 0 saturated heterocycles. The summed E-state index contributed by atoms with van der Waals surface area (Å²) < 4.78 is 11.4. The van der Waals surface area contributed by atoms with E-state index in [0.29, 0.717) is 25.3 Å². The molecule has 0 heterocycles. The van der Waals surface area contributed by atoms with Crippen molar-refractivity contribution in [1.29, 1.82) is 0 Å². The van der Waals surface area contributed by atoms with Crippen molar-refractivity contribution in [1.82, 2.24) is 5.32 Å².